The third kappa shape index (κ3) is 15.7. The van der Waals surface area contributed by atoms with Crippen LogP contribution in [0.4, 0.5) is 0 Å². The summed E-state index contributed by atoms with van der Waals surface area (Å²) in [5.41, 5.74) is 0. The molecular formula is C6H12O4. The smallest absolute Gasteiger partial charge is 0.182 e. The number of carbonyl (C=O) groups excluding carboxylic acids is 2. The minimum Gasteiger partial charge on any atom is -0.356 e. The molecule has 10 heavy (non-hydrogen) atoms. The van der Waals surface area contributed by atoms with Crippen LogP contribution in [0.25, 0.3) is 0 Å². The summed E-state index contributed by atoms with van der Waals surface area (Å²) in [6.07, 6.45) is 0.324. The summed E-state index contributed by atoms with van der Waals surface area (Å²) in [5, 5.41) is 0. The van der Waals surface area contributed by atoms with Crippen molar-refractivity contribution >= 4 is 12.6 Å². The van der Waals surface area contributed by atoms with Gasteiger partial charge in [0.1, 0.15) is 0 Å². The van der Waals surface area contributed by atoms with Crippen LogP contribution in [-0.4, -0.2) is 33.1 Å². The number of hydrogen-bond acceptors (Lipinski definition) is 4. The van der Waals surface area contributed by atoms with Crippen LogP contribution in [0.15, 0.2) is 0 Å². The standard InChI is InChI=1S/C4H10O2.C2H2O2/c1-4(5-2)6-3;3-1-2-4/h4H,1-3H3;1-2H. The predicted octanol–water partition coefficient (Wildman–Crippen LogP) is 0.00940. The van der Waals surface area contributed by atoms with Gasteiger partial charge in [-0.1, -0.05) is 0 Å². The van der Waals surface area contributed by atoms with Gasteiger partial charge in [-0.3, -0.25) is 9.59 Å². The monoisotopic (exact) mass is 148 g/mol. The summed E-state index contributed by atoms with van der Waals surface area (Å²) in [7, 11) is 3.21. The first kappa shape index (κ1) is 12.0. The molecule has 60 valence electrons. The Kier molecular flexibility index (Phi) is 13.3. The number of rotatable bonds is 3. The zero-order valence-corrected chi connectivity index (χ0v) is 6.37. The van der Waals surface area contributed by atoms with Crippen molar-refractivity contribution in [3.05, 3.63) is 0 Å². The summed E-state index contributed by atoms with van der Waals surface area (Å²) < 4.78 is 9.35. The lowest BCUT2D eigenvalue weighted by molar-refractivity contribution is -0.122. The van der Waals surface area contributed by atoms with Gasteiger partial charge in [0.2, 0.25) is 0 Å². The topological polar surface area (TPSA) is 52.6 Å². The van der Waals surface area contributed by atoms with Gasteiger partial charge in [0.05, 0.1) is 0 Å². The van der Waals surface area contributed by atoms with E-state index in [2.05, 4.69) is 9.47 Å². The van der Waals surface area contributed by atoms with Crippen molar-refractivity contribution in [2.24, 2.45) is 0 Å². The molecule has 0 aromatic carbocycles. The maximum atomic E-state index is 8.81. The molecule has 0 unspecified atom stereocenters. The Hall–Kier alpha value is -0.740. The first-order valence-electron chi connectivity index (χ1n) is 2.67. The molecule has 0 spiro atoms. The van der Waals surface area contributed by atoms with E-state index in [4.69, 9.17) is 9.59 Å². The van der Waals surface area contributed by atoms with Crippen molar-refractivity contribution in [2.75, 3.05) is 14.2 Å². The van der Waals surface area contributed by atoms with Gasteiger partial charge in [0.15, 0.2) is 18.9 Å². The maximum absolute atomic E-state index is 8.81. The molecule has 0 heterocycles. The van der Waals surface area contributed by atoms with Crippen molar-refractivity contribution in [3.8, 4) is 0 Å². The van der Waals surface area contributed by atoms with E-state index in [-0.39, 0.29) is 18.9 Å². The average molecular weight is 148 g/mol. The lowest BCUT2D eigenvalue weighted by Crippen LogP contribution is -2.05. The fourth-order valence-corrected chi connectivity index (χ4v) is 0.0962. The Morgan fingerprint density at radius 1 is 1.10 bits per heavy atom. The van der Waals surface area contributed by atoms with Gasteiger partial charge in [0, 0.05) is 14.2 Å². The SMILES string of the molecule is COC(C)OC.O=CC=O. The van der Waals surface area contributed by atoms with Crippen molar-refractivity contribution in [2.45, 2.75) is 13.2 Å². The van der Waals surface area contributed by atoms with Gasteiger partial charge < -0.3 is 9.47 Å². The molecular weight excluding hydrogens is 136 g/mol. The second-order valence-corrected chi connectivity index (χ2v) is 1.31. The normalized spacial score (nSPS) is 8.00. The van der Waals surface area contributed by atoms with Crippen LogP contribution in [0.5, 0.6) is 0 Å². The van der Waals surface area contributed by atoms with Crippen LogP contribution < -0.4 is 0 Å². The molecule has 0 N–H and O–H groups in total. The average Bonchev–Trinajstić information content (AvgIpc) is 2.03. The largest absolute Gasteiger partial charge is 0.356 e. The molecule has 0 aliphatic rings. The van der Waals surface area contributed by atoms with Crippen molar-refractivity contribution in [1.82, 2.24) is 0 Å². The number of aldehydes is 2. The molecule has 4 nitrogen and oxygen atoms in total. The molecule has 0 saturated heterocycles. The number of ether oxygens (including phenoxy) is 2. The van der Waals surface area contributed by atoms with Gasteiger partial charge in [-0.05, 0) is 6.92 Å². The Balaban J connectivity index is 0. The van der Waals surface area contributed by atoms with E-state index >= 15 is 0 Å². The molecule has 0 fully saturated rings. The van der Waals surface area contributed by atoms with Crippen LogP contribution in [0.3, 0.4) is 0 Å². The first-order valence-corrected chi connectivity index (χ1v) is 2.67. The molecule has 0 aromatic heterocycles. The number of methoxy groups -OCH3 is 2. The van der Waals surface area contributed by atoms with Crippen LogP contribution >= 0.6 is 0 Å². The molecule has 0 rings (SSSR count). The van der Waals surface area contributed by atoms with E-state index in [9.17, 15) is 0 Å². The van der Waals surface area contributed by atoms with Crippen LogP contribution in [-0.2, 0) is 19.1 Å². The summed E-state index contributed by atoms with van der Waals surface area (Å²) in [6, 6.07) is 0. The van der Waals surface area contributed by atoms with E-state index in [1.807, 2.05) is 6.92 Å². The van der Waals surface area contributed by atoms with E-state index in [0.717, 1.165) is 0 Å². The highest BCUT2D eigenvalue weighted by Gasteiger charge is 1.87. The summed E-state index contributed by atoms with van der Waals surface area (Å²) in [5.74, 6) is 0. The summed E-state index contributed by atoms with van der Waals surface area (Å²) in [4.78, 5) is 17.6. The van der Waals surface area contributed by atoms with Crippen LogP contribution in [0, 0.1) is 0 Å². The molecule has 0 aromatic rings. The van der Waals surface area contributed by atoms with Crippen molar-refractivity contribution < 1.29 is 19.1 Å². The van der Waals surface area contributed by atoms with Gasteiger partial charge in [-0.25, -0.2) is 0 Å². The summed E-state index contributed by atoms with van der Waals surface area (Å²) in [6.45, 7) is 1.83. The number of hydrogen-bond donors (Lipinski definition) is 0. The van der Waals surface area contributed by atoms with Crippen LogP contribution in [0.1, 0.15) is 6.92 Å². The third-order valence-electron chi connectivity index (χ3n) is 0.719. The fourth-order valence-electron chi connectivity index (χ4n) is 0.0962. The zero-order valence-electron chi connectivity index (χ0n) is 6.37. The maximum Gasteiger partial charge on any atom is 0.182 e. The Morgan fingerprint density at radius 3 is 1.40 bits per heavy atom. The van der Waals surface area contributed by atoms with Crippen molar-refractivity contribution in [3.63, 3.8) is 0 Å². The minimum atomic E-state index is -0.0648. The second-order valence-electron chi connectivity index (χ2n) is 1.31. The van der Waals surface area contributed by atoms with Crippen LogP contribution in [0.2, 0.25) is 0 Å². The quantitative estimate of drug-likeness (QED) is 0.321. The molecule has 4 heteroatoms. The van der Waals surface area contributed by atoms with E-state index < -0.39 is 0 Å². The zero-order chi connectivity index (χ0) is 8.41. The van der Waals surface area contributed by atoms with Gasteiger partial charge in [0.25, 0.3) is 0 Å². The highest BCUT2D eigenvalue weighted by molar-refractivity contribution is 6.09. The van der Waals surface area contributed by atoms with E-state index in [1.165, 1.54) is 0 Å². The van der Waals surface area contributed by atoms with Gasteiger partial charge in [-0.2, -0.15) is 0 Å². The molecule has 0 amide bonds. The van der Waals surface area contributed by atoms with Crippen molar-refractivity contribution in [1.29, 1.82) is 0 Å². The molecule has 0 aliphatic carbocycles. The Bertz CT molecular complexity index is 71.8. The molecule has 0 bridgehead atoms. The molecule has 0 radical (unpaired) electrons. The second kappa shape index (κ2) is 11.1. The van der Waals surface area contributed by atoms with Gasteiger partial charge in [-0.15, -0.1) is 0 Å². The Labute approximate surface area is 60.1 Å². The van der Waals surface area contributed by atoms with E-state index in [1.54, 1.807) is 14.2 Å². The molecule has 0 atom stereocenters. The Morgan fingerprint density at radius 2 is 1.40 bits per heavy atom. The third-order valence-corrected chi connectivity index (χ3v) is 0.719. The lowest BCUT2D eigenvalue weighted by Gasteiger charge is -2.03. The molecule has 0 saturated carbocycles. The minimum absolute atomic E-state index is 0.0648. The fraction of sp³-hybridized carbons (Fsp3) is 0.667. The van der Waals surface area contributed by atoms with E-state index in [0.29, 0.717) is 0 Å². The predicted molar refractivity (Wildman–Crippen MR) is 35.6 cm³/mol. The lowest BCUT2D eigenvalue weighted by atomic mass is 10.8. The first-order chi connectivity index (χ1) is 4.72. The number of carbonyl (C=O) groups is 2. The summed E-state index contributed by atoms with van der Waals surface area (Å²) >= 11 is 0. The highest BCUT2D eigenvalue weighted by Crippen LogP contribution is 1.82. The molecule has 0 aliphatic heterocycles. The van der Waals surface area contributed by atoms with Gasteiger partial charge >= 0.3 is 0 Å². The highest BCUT2D eigenvalue weighted by atomic mass is 16.7.